The molecule has 154 valence electrons. The number of aromatic nitrogens is 3. The van der Waals surface area contributed by atoms with E-state index < -0.39 is 0 Å². The average Bonchev–Trinajstić information content (AvgIpc) is 2.74. The van der Waals surface area contributed by atoms with E-state index in [9.17, 15) is 4.79 Å². The van der Waals surface area contributed by atoms with Crippen LogP contribution in [0, 0.1) is 18.8 Å². The molecule has 2 fully saturated rings. The van der Waals surface area contributed by atoms with Crippen molar-refractivity contribution in [2.24, 2.45) is 11.8 Å². The van der Waals surface area contributed by atoms with E-state index in [1.54, 1.807) is 6.33 Å². The van der Waals surface area contributed by atoms with E-state index in [1.807, 2.05) is 25.1 Å². The Morgan fingerprint density at radius 2 is 1.79 bits per heavy atom. The fourth-order valence-corrected chi connectivity index (χ4v) is 4.32. The van der Waals surface area contributed by atoms with Gasteiger partial charge in [0.05, 0.1) is 5.92 Å². The molecule has 0 bridgehead atoms. The van der Waals surface area contributed by atoms with E-state index >= 15 is 0 Å². The van der Waals surface area contributed by atoms with Gasteiger partial charge in [0.2, 0.25) is 5.91 Å². The summed E-state index contributed by atoms with van der Waals surface area (Å²) < 4.78 is 0. The third-order valence-electron chi connectivity index (χ3n) is 5.87. The summed E-state index contributed by atoms with van der Waals surface area (Å²) in [6.45, 7) is 7.91. The fraction of sp³-hybridized carbons (Fsp3) is 0.545. The first-order valence-electron chi connectivity index (χ1n) is 10.6. The molecule has 2 atom stereocenters. The minimum atomic E-state index is -0.0699. The Morgan fingerprint density at radius 1 is 1.07 bits per heavy atom. The van der Waals surface area contributed by atoms with Crippen LogP contribution in [0.25, 0.3) is 0 Å². The zero-order valence-electron chi connectivity index (χ0n) is 17.3. The fourth-order valence-electron chi connectivity index (χ4n) is 4.32. The molecule has 0 radical (unpaired) electrons. The van der Waals surface area contributed by atoms with Gasteiger partial charge in [-0.25, -0.2) is 15.0 Å². The summed E-state index contributed by atoms with van der Waals surface area (Å²) in [4.78, 5) is 30.8. The maximum Gasteiger partial charge on any atom is 0.230 e. The molecule has 2 aromatic rings. The van der Waals surface area contributed by atoms with Crippen LogP contribution in [0.15, 0.2) is 30.6 Å². The Labute approximate surface area is 172 Å². The number of rotatable bonds is 4. The molecule has 0 aliphatic carbocycles. The molecule has 1 amide bonds. The molecule has 2 saturated heterocycles. The van der Waals surface area contributed by atoms with E-state index in [0.717, 1.165) is 49.8 Å². The van der Waals surface area contributed by atoms with Crippen molar-refractivity contribution in [3.63, 3.8) is 0 Å². The van der Waals surface area contributed by atoms with Crippen molar-refractivity contribution in [1.82, 2.24) is 15.0 Å². The van der Waals surface area contributed by atoms with Gasteiger partial charge in [-0.15, -0.1) is 0 Å². The lowest BCUT2D eigenvalue weighted by Crippen LogP contribution is -2.41. The molecule has 2 unspecified atom stereocenters. The second-order valence-electron chi connectivity index (χ2n) is 8.37. The van der Waals surface area contributed by atoms with Crippen LogP contribution in [0.1, 0.15) is 38.3 Å². The first-order valence-corrected chi connectivity index (χ1v) is 10.6. The lowest BCUT2D eigenvalue weighted by atomic mass is 9.97. The van der Waals surface area contributed by atoms with Gasteiger partial charge in [0.15, 0.2) is 0 Å². The number of aryl methyl sites for hydroxylation is 1. The lowest BCUT2D eigenvalue weighted by molar-refractivity contribution is -0.120. The monoisotopic (exact) mass is 394 g/mol. The molecular formula is C22H30N6O. The molecule has 4 rings (SSSR count). The zero-order valence-corrected chi connectivity index (χ0v) is 17.3. The Morgan fingerprint density at radius 3 is 2.52 bits per heavy atom. The topological polar surface area (TPSA) is 74.2 Å². The van der Waals surface area contributed by atoms with Crippen LogP contribution in [-0.2, 0) is 4.79 Å². The van der Waals surface area contributed by atoms with Crippen LogP contribution in [0.3, 0.4) is 0 Å². The number of hydrogen-bond acceptors (Lipinski definition) is 6. The summed E-state index contributed by atoms with van der Waals surface area (Å²) in [6.07, 6.45) is 6.01. The van der Waals surface area contributed by atoms with Crippen molar-refractivity contribution in [3.05, 3.63) is 36.3 Å². The molecule has 0 spiro atoms. The standard InChI is InChI=1S/C22H30N6O/c1-16-6-4-10-27(13-16)20-12-21(24-15-23-20)28-11-5-8-18(14-28)22(29)26-19-9-3-7-17(2)25-19/h3,7,9,12,15-16,18H,4-6,8,10-11,13-14H2,1-2H3,(H,25,26,29). The van der Waals surface area contributed by atoms with E-state index in [4.69, 9.17) is 0 Å². The smallest absolute Gasteiger partial charge is 0.230 e. The number of amides is 1. The summed E-state index contributed by atoms with van der Waals surface area (Å²) in [5.41, 5.74) is 0.897. The first kappa shape index (κ1) is 19.6. The first-order chi connectivity index (χ1) is 14.1. The van der Waals surface area contributed by atoms with E-state index in [2.05, 4.69) is 43.1 Å². The minimum absolute atomic E-state index is 0.0342. The van der Waals surface area contributed by atoms with Gasteiger partial charge in [0.25, 0.3) is 0 Å². The van der Waals surface area contributed by atoms with Crippen molar-refractivity contribution < 1.29 is 4.79 Å². The highest BCUT2D eigenvalue weighted by Crippen LogP contribution is 2.27. The highest BCUT2D eigenvalue weighted by Gasteiger charge is 2.27. The van der Waals surface area contributed by atoms with Crippen LogP contribution >= 0.6 is 0 Å². The summed E-state index contributed by atoms with van der Waals surface area (Å²) in [7, 11) is 0. The number of nitrogens with zero attached hydrogens (tertiary/aromatic N) is 5. The molecule has 7 nitrogen and oxygen atoms in total. The molecule has 7 heteroatoms. The van der Waals surface area contributed by atoms with E-state index in [0.29, 0.717) is 18.3 Å². The van der Waals surface area contributed by atoms with Crippen molar-refractivity contribution in [3.8, 4) is 0 Å². The van der Waals surface area contributed by atoms with Gasteiger partial charge in [-0.1, -0.05) is 13.0 Å². The van der Waals surface area contributed by atoms with Gasteiger partial charge in [-0.05, 0) is 50.7 Å². The van der Waals surface area contributed by atoms with Crippen LogP contribution in [-0.4, -0.2) is 47.0 Å². The highest BCUT2D eigenvalue weighted by molar-refractivity contribution is 5.92. The molecule has 4 heterocycles. The van der Waals surface area contributed by atoms with Gasteiger partial charge in [0, 0.05) is 37.9 Å². The summed E-state index contributed by atoms with van der Waals surface area (Å²) in [6, 6.07) is 7.75. The largest absolute Gasteiger partial charge is 0.356 e. The maximum atomic E-state index is 12.8. The molecule has 0 saturated carbocycles. The van der Waals surface area contributed by atoms with Gasteiger partial charge >= 0.3 is 0 Å². The molecule has 0 aromatic carbocycles. The highest BCUT2D eigenvalue weighted by atomic mass is 16.2. The third-order valence-corrected chi connectivity index (χ3v) is 5.87. The maximum absolute atomic E-state index is 12.8. The molecular weight excluding hydrogens is 364 g/mol. The van der Waals surface area contributed by atoms with Crippen molar-refractivity contribution >= 4 is 23.4 Å². The number of hydrogen-bond donors (Lipinski definition) is 1. The molecule has 2 aliphatic rings. The normalized spacial score (nSPS) is 22.4. The van der Waals surface area contributed by atoms with Crippen molar-refractivity contribution in [2.45, 2.75) is 39.5 Å². The summed E-state index contributed by atoms with van der Waals surface area (Å²) >= 11 is 0. The van der Waals surface area contributed by atoms with Crippen molar-refractivity contribution in [1.29, 1.82) is 0 Å². The average molecular weight is 395 g/mol. The van der Waals surface area contributed by atoms with E-state index in [1.165, 1.54) is 12.8 Å². The Bertz CT molecular complexity index is 857. The summed E-state index contributed by atoms with van der Waals surface area (Å²) in [5.74, 6) is 3.19. The third kappa shape index (κ3) is 4.83. The second-order valence-corrected chi connectivity index (χ2v) is 8.37. The number of nitrogens with one attached hydrogen (secondary N) is 1. The predicted molar refractivity (Wildman–Crippen MR) is 115 cm³/mol. The Balaban J connectivity index is 1.43. The SMILES string of the molecule is Cc1cccc(NC(=O)C2CCCN(c3cc(N4CCCC(C)C4)ncn3)C2)n1. The van der Waals surface area contributed by atoms with Gasteiger partial charge in [0.1, 0.15) is 23.8 Å². The summed E-state index contributed by atoms with van der Waals surface area (Å²) in [5, 5.41) is 2.97. The van der Waals surface area contributed by atoms with Crippen molar-refractivity contribution in [2.75, 3.05) is 41.3 Å². The van der Waals surface area contributed by atoms with Gasteiger partial charge in [-0.3, -0.25) is 4.79 Å². The molecule has 2 aromatic heterocycles. The Hall–Kier alpha value is -2.70. The number of anilines is 3. The minimum Gasteiger partial charge on any atom is -0.356 e. The molecule has 1 N–H and O–H groups in total. The quantitative estimate of drug-likeness (QED) is 0.858. The molecule has 29 heavy (non-hydrogen) atoms. The number of pyridine rings is 1. The van der Waals surface area contributed by atoms with Crippen LogP contribution in [0.5, 0.6) is 0 Å². The van der Waals surface area contributed by atoms with Crippen LogP contribution in [0.2, 0.25) is 0 Å². The second kappa shape index (κ2) is 8.76. The van der Waals surface area contributed by atoms with Gasteiger partial charge < -0.3 is 15.1 Å². The van der Waals surface area contributed by atoms with Crippen LogP contribution in [0.4, 0.5) is 17.5 Å². The number of carbonyl (C=O) groups excluding carboxylic acids is 1. The Kier molecular flexibility index (Phi) is 5.92. The van der Waals surface area contributed by atoms with E-state index in [-0.39, 0.29) is 11.8 Å². The van der Waals surface area contributed by atoms with Gasteiger partial charge in [-0.2, -0.15) is 0 Å². The molecule has 2 aliphatic heterocycles. The number of piperidine rings is 2. The predicted octanol–water partition coefficient (Wildman–Crippen LogP) is 3.27. The van der Waals surface area contributed by atoms with Crippen LogP contribution < -0.4 is 15.1 Å². The zero-order chi connectivity index (χ0) is 20.2. The number of carbonyl (C=O) groups is 1. The lowest BCUT2D eigenvalue weighted by Gasteiger charge is -2.34.